The molecular formula is C24H33N3O6S. The second-order valence-electron chi connectivity index (χ2n) is 7.90. The molecule has 0 aliphatic heterocycles. The third kappa shape index (κ3) is 6.48. The van der Waals surface area contributed by atoms with Gasteiger partial charge in [-0.3, -0.25) is 9.59 Å². The van der Waals surface area contributed by atoms with Crippen LogP contribution in [0.5, 0.6) is 11.5 Å². The number of carbonyl (C=O) groups excluding carboxylic acids is 2. The smallest absolute Gasteiger partial charge is 0.251 e. The van der Waals surface area contributed by atoms with Crippen molar-refractivity contribution < 1.29 is 27.5 Å². The highest BCUT2D eigenvalue weighted by molar-refractivity contribution is 7.89. The first-order valence-corrected chi connectivity index (χ1v) is 12.5. The summed E-state index contributed by atoms with van der Waals surface area (Å²) < 4.78 is 37.4. The van der Waals surface area contributed by atoms with Crippen LogP contribution in [-0.4, -0.2) is 57.9 Å². The molecule has 0 aliphatic rings. The summed E-state index contributed by atoms with van der Waals surface area (Å²) in [6, 6.07) is 9.89. The van der Waals surface area contributed by atoms with E-state index < -0.39 is 27.9 Å². The Morgan fingerprint density at radius 3 is 2.06 bits per heavy atom. The van der Waals surface area contributed by atoms with Gasteiger partial charge in [0.1, 0.15) is 17.5 Å². The Morgan fingerprint density at radius 2 is 1.56 bits per heavy atom. The number of ether oxygens (including phenoxy) is 2. The van der Waals surface area contributed by atoms with E-state index in [1.807, 2.05) is 0 Å². The Bertz CT molecular complexity index is 1090. The van der Waals surface area contributed by atoms with Crippen LogP contribution in [0, 0.1) is 5.92 Å². The Labute approximate surface area is 201 Å². The number of nitrogens with zero attached hydrogens (tertiary/aromatic N) is 1. The summed E-state index contributed by atoms with van der Waals surface area (Å²) in [4.78, 5) is 26.0. The van der Waals surface area contributed by atoms with E-state index in [0.717, 1.165) is 0 Å². The van der Waals surface area contributed by atoms with Gasteiger partial charge in [0.25, 0.3) is 5.91 Å². The molecule has 2 aromatic rings. The first-order chi connectivity index (χ1) is 16.1. The molecule has 0 saturated carbocycles. The van der Waals surface area contributed by atoms with Crippen molar-refractivity contribution in [1.82, 2.24) is 9.62 Å². The molecule has 34 heavy (non-hydrogen) atoms. The number of rotatable bonds is 11. The maximum atomic E-state index is 13.0. The molecule has 2 N–H and O–H groups in total. The summed E-state index contributed by atoms with van der Waals surface area (Å²) in [7, 11) is -0.710. The summed E-state index contributed by atoms with van der Waals surface area (Å²) in [6.45, 7) is 7.75. The summed E-state index contributed by atoms with van der Waals surface area (Å²) in [6.07, 6.45) is 0. The van der Waals surface area contributed by atoms with Gasteiger partial charge in [0.05, 0.1) is 19.1 Å². The molecule has 0 radical (unpaired) electrons. The van der Waals surface area contributed by atoms with Crippen LogP contribution in [0.1, 0.15) is 38.1 Å². The second kappa shape index (κ2) is 11.8. The first kappa shape index (κ1) is 27.1. The van der Waals surface area contributed by atoms with Gasteiger partial charge in [0.2, 0.25) is 15.9 Å². The summed E-state index contributed by atoms with van der Waals surface area (Å²) in [5, 5.41) is 5.50. The minimum Gasteiger partial charge on any atom is -0.497 e. The Hall–Kier alpha value is -3.11. The lowest BCUT2D eigenvalue weighted by atomic mass is 10.0. The molecule has 0 unspecified atom stereocenters. The van der Waals surface area contributed by atoms with E-state index in [4.69, 9.17) is 9.47 Å². The van der Waals surface area contributed by atoms with Crippen LogP contribution < -0.4 is 20.1 Å². The van der Waals surface area contributed by atoms with Crippen LogP contribution in [0.4, 0.5) is 5.69 Å². The Kier molecular flexibility index (Phi) is 9.46. The number of hydrogen-bond donors (Lipinski definition) is 2. The van der Waals surface area contributed by atoms with E-state index >= 15 is 0 Å². The summed E-state index contributed by atoms with van der Waals surface area (Å²) >= 11 is 0. The van der Waals surface area contributed by atoms with E-state index in [9.17, 15) is 18.0 Å². The number of benzene rings is 2. The van der Waals surface area contributed by atoms with Crippen LogP contribution in [0.15, 0.2) is 47.4 Å². The number of methoxy groups -OCH3 is 2. The molecule has 2 rings (SSSR count). The highest BCUT2D eigenvalue weighted by Crippen LogP contribution is 2.26. The van der Waals surface area contributed by atoms with E-state index in [1.54, 1.807) is 45.9 Å². The monoisotopic (exact) mass is 491 g/mol. The maximum Gasteiger partial charge on any atom is 0.251 e. The molecule has 2 aromatic carbocycles. The van der Waals surface area contributed by atoms with Crippen LogP contribution in [0.2, 0.25) is 0 Å². The van der Waals surface area contributed by atoms with Gasteiger partial charge < -0.3 is 20.1 Å². The standard InChI is InChI=1S/C24H33N3O6S/c1-7-27(8-2)34(30,31)21-11-9-10-17(12-21)23(28)26-22(16(3)4)24(29)25-18-13-19(32-5)15-20(14-18)33-6/h9-16,22H,7-8H2,1-6H3,(H,25,29)(H,26,28)/t22-/m0/s1. The van der Waals surface area contributed by atoms with Crippen molar-refractivity contribution in [3.05, 3.63) is 48.0 Å². The molecule has 9 nitrogen and oxygen atoms in total. The van der Waals surface area contributed by atoms with Gasteiger partial charge in [-0.25, -0.2) is 8.42 Å². The van der Waals surface area contributed by atoms with Crippen molar-refractivity contribution in [2.24, 2.45) is 5.92 Å². The van der Waals surface area contributed by atoms with Crippen LogP contribution >= 0.6 is 0 Å². The molecule has 0 aliphatic carbocycles. The van der Waals surface area contributed by atoms with E-state index in [2.05, 4.69) is 10.6 Å². The van der Waals surface area contributed by atoms with Crippen LogP contribution in [-0.2, 0) is 14.8 Å². The lowest BCUT2D eigenvalue weighted by Gasteiger charge is -2.22. The predicted molar refractivity (Wildman–Crippen MR) is 131 cm³/mol. The molecule has 2 amide bonds. The average molecular weight is 492 g/mol. The van der Waals surface area contributed by atoms with Gasteiger partial charge in [-0.1, -0.05) is 33.8 Å². The number of amides is 2. The molecule has 0 saturated heterocycles. The maximum absolute atomic E-state index is 13.0. The number of anilines is 1. The predicted octanol–water partition coefficient (Wildman–Crippen LogP) is 3.13. The van der Waals surface area contributed by atoms with Gasteiger partial charge >= 0.3 is 0 Å². The van der Waals surface area contributed by atoms with Crippen molar-refractivity contribution in [3.8, 4) is 11.5 Å². The van der Waals surface area contributed by atoms with E-state index in [0.29, 0.717) is 30.3 Å². The molecule has 0 heterocycles. The lowest BCUT2D eigenvalue weighted by Crippen LogP contribution is -2.47. The van der Waals surface area contributed by atoms with Gasteiger partial charge in [-0.05, 0) is 24.1 Å². The fraction of sp³-hybridized carbons (Fsp3) is 0.417. The van der Waals surface area contributed by atoms with Gasteiger partial charge in [0.15, 0.2) is 0 Å². The molecule has 0 aromatic heterocycles. The minimum absolute atomic E-state index is 0.0258. The molecule has 10 heteroatoms. The third-order valence-corrected chi connectivity index (χ3v) is 7.34. The van der Waals surface area contributed by atoms with Crippen LogP contribution in [0.25, 0.3) is 0 Å². The second-order valence-corrected chi connectivity index (χ2v) is 9.84. The number of hydrogen-bond acceptors (Lipinski definition) is 6. The van der Waals surface area contributed by atoms with Gasteiger partial charge in [-0.15, -0.1) is 0 Å². The third-order valence-electron chi connectivity index (χ3n) is 5.29. The van der Waals surface area contributed by atoms with E-state index in [-0.39, 0.29) is 16.4 Å². The topological polar surface area (TPSA) is 114 Å². The zero-order chi connectivity index (χ0) is 25.5. The zero-order valence-corrected chi connectivity index (χ0v) is 21.2. The van der Waals surface area contributed by atoms with E-state index in [1.165, 1.54) is 42.8 Å². The highest BCUT2D eigenvalue weighted by atomic mass is 32.2. The fourth-order valence-corrected chi connectivity index (χ4v) is 4.87. The summed E-state index contributed by atoms with van der Waals surface area (Å²) in [5.74, 6) is -0.199. The molecular weight excluding hydrogens is 458 g/mol. The Morgan fingerprint density at radius 1 is 0.971 bits per heavy atom. The van der Waals surface area contributed by atoms with Crippen molar-refractivity contribution in [2.75, 3.05) is 32.6 Å². The average Bonchev–Trinajstić information content (AvgIpc) is 2.82. The number of nitrogens with one attached hydrogen (secondary N) is 2. The lowest BCUT2D eigenvalue weighted by molar-refractivity contribution is -0.118. The van der Waals surface area contributed by atoms with Crippen LogP contribution in [0.3, 0.4) is 0 Å². The highest BCUT2D eigenvalue weighted by Gasteiger charge is 2.27. The van der Waals surface area contributed by atoms with Crippen molar-refractivity contribution in [2.45, 2.75) is 38.6 Å². The SMILES string of the molecule is CCN(CC)S(=O)(=O)c1cccc(C(=O)N[C@H](C(=O)Nc2cc(OC)cc(OC)c2)C(C)C)c1. The minimum atomic E-state index is -3.72. The largest absolute Gasteiger partial charge is 0.497 e. The van der Waals surface area contributed by atoms with Gasteiger partial charge in [-0.2, -0.15) is 4.31 Å². The zero-order valence-electron chi connectivity index (χ0n) is 20.4. The molecule has 0 spiro atoms. The molecule has 1 atom stereocenters. The molecule has 186 valence electrons. The number of sulfonamides is 1. The molecule has 0 bridgehead atoms. The van der Waals surface area contributed by atoms with Gasteiger partial charge in [0, 0.05) is 42.5 Å². The van der Waals surface area contributed by atoms with Crippen molar-refractivity contribution >= 4 is 27.5 Å². The Balaban J connectivity index is 2.25. The summed E-state index contributed by atoms with van der Waals surface area (Å²) in [5.41, 5.74) is 0.600. The first-order valence-electron chi connectivity index (χ1n) is 11.0. The fourth-order valence-electron chi connectivity index (χ4n) is 3.37. The quantitative estimate of drug-likeness (QED) is 0.499. The van der Waals surface area contributed by atoms with Crippen molar-refractivity contribution in [1.29, 1.82) is 0 Å². The molecule has 0 fully saturated rings. The van der Waals surface area contributed by atoms with Crippen molar-refractivity contribution in [3.63, 3.8) is 0 Å². The number of carbonyl (C=O) groups is 2. The normalized spacial score (nSPS) is 12.4.